The van der Waals surface area contributed by atoms with Crippen molar-refractivity contribution in [1.29, 1.82) is 5.41 Å². The second-order valence-corrected chi connectivity index (χ2v) is 5.26. The van der Waals surface area contributed by atoms with E-state index in [9.17, 15) is 19.5 Å². The second-order valence-electron chi connectivity index (χ2n) is 5.26. The van der Waals surface area contributed by atoms with Gasteiger partial charge in [0.15, 0.2) is 0 Å². The molecule has 2 N–H and O–H groups in total. The van der Waals surface area contributed by atoms with Crippen LogP contribution in [-0.4, -0.2) is 45.3 Å². The number of rotatable bonds is 6. The lowest BCUT2D eigenvalue weighted by molar-refractivity contribution is -0.156. The first-order valence-electron chi connectivity index (χ1n) is 6.74. The number of aromatic nitrogens is 2. The molecule has 0 aliphatic carbocycles. The van der Waals surface area contributed by atoms with Crippen LogP contribution in [0.15, 0.2) is 10.2 Å². The number of carbonyl (C=O) groups excluding carboxylic acids is 3. The van der Waals surface area contributed by atoms with Crippen molar-refractivity contribution < 1.29 is 24.2 Å². The molecule has 0 unspecified atom stereocenters. The highest BCUT2D eigenvalue weighted by molar-refractivity contribution is 6.38. The van der Waals surface area contributed by atoms with Gasteiger partial charge in [-0.25, -0.2) is 14.3 Å². The number of methoxy groups -OCH3 is 1. The molecule has 1 atom stereocenters. The standard InChI is InChI=1S/C13H15N5O5/c1-5(2)8(9(20)11(22)23-3)7(19)4-6-10(21)18-12(14)16-17-13(18)15-6/h5,8,14,21H,4H2,1-3H3/t8-/m0/s1. The number of ketones is 2. The van der Waals surface area contributed by atoms with E-state index < -0.39 is 35.3 Å². The van der Waals surface area contributed by atoms with Gasteiger partial charge in [0, 0.05) is 0 Å². The highest BCUT2D eigenvalue weighted by atomic mass is 16.5. The fraction of sp³-hybridized carbons (Fsp3) is 0.462. The molecule has 0 fully saturated rings. The molecule has 1 aliphatic rings. The van der Waals surface area contributed by atoms with E-state index >= 15 is 0 Å². The van der Waals surface area contributed by atoms with Gasteiger partial charge in [-0.3, -0.25) is 15.0 Å². The third-order valence-corrected chi connectivity index (χ3v) is 3.38. The number of fused-ring (bicyclic) bond motifs is 1. The zero-order valence-corrected chi connectivity index (χ0v) is 12.7. The molecular weight excluding hydrogens is 306 g/mol. The average molecular weight is 321 g/mol. The normalized spacial score (nSPS) is 14.0. The van der Waals surface area contributed by atoms with Crippen LogP contribution < -0.4 is 0 Å². The van der Waals surface area contributed by atoms with Gasteiger partial charge in [0.1, 0.15) is 11.5 Å². The average Bonchev–Trinajstić information content (AvgIpc) is 2.99. The van der Waals surface area contributed by atoms with E-state index in [0.29, 0.717) is 0 Å². The summed E-state index contributed by atoms with van der Waals surface area (Å²) in [4.78, 5) is 39.7. The fourth-order valence-electron chi connectivity index (χ4n) is 2.29. The minimum Gasteiger partial charge on any atom is -0.493 e. The molecule has 2 rings (SSSR count). The summed E-state index contributed by atoms with van der Waals surface area (Å²) in [5, 5.41) is 24.5. The van der Waals surface area contributed by atoms with Crippen LogP contribution >= 0.6 is 0 Å². The summed E-state index contributed by atoms with van der Waals surface area (Å²) >= 11 is 0. The molecule has 23 heavy (non-hydrogen) atoms. The number of nitrogens with zero attached hydrogens (tertiary/aromatic N) is 4. The van der Waals surface area contributed by atoms with E-state index in [4.69, 9.17) is 5.41 Å². The Kier molecular flexibility index (Phi) is 4.34. The first kappa shape index (κ1) is 16.5. The topological polar surface area (TPSA) is 147 Å². The number of aromatic hydroxyl groups is 1. The molecule has 10 nitrogen and oxygen atoms in total. The van der Waals surface area contributed by atoms with Crippen molar-refractivity contribution in [3.63, 3.8) is 0 Å². The van der Waals surface area contributed by atoms with Gasteiger partial charge in [0.2, 0.25) is 5.88 Å². The van der Waals surface area contributed by atoms with E-state index in [1.54, 1.807) is 13.8 Å². The van der Waals surface area contributed by atoms with Gasteiger partial charge in [-0.05, 0) is 5.92 Å². The molecule has 0 spiro atoms. The van der Waals surface area contributed by atoms with E-state index in [2.05, 4.69) is 19.9 Å². The van der Waals surface area contributed by atoms with Gasteiger partial charge < -0.3 is 9.84 Å². The van der Waals surface area contributed by atoms with Crippen molar-refractivity contribution in [2.45, 2.75) is 20.3 Å². The fourth-order valence-corrected chi connectivity index (χ4v) is 2.29. The quantitative estimate of drug-likeness (QED) is 0.445. The minimum absolute atomic E-state index is 0.0179. The van der Waals surface area contributed by atoms with Gasteiger partial charge in [-0.15, -0.1) is 10.2 Å². The van der Waals surface area contributed by atoms with Crippen molar-refractivity contribution in [1.82, 2.24) is 9.55 Å². The lowest BCUT2D eigenvalue weighted by Gasteiger charge is -2.16. The van der Waals surface area contributed by atoms with Crippen LogP contribution in [0.5, 0.6) is 5.88 Å². The smallest absolute Gasteiger partial charge is 0.375 e. The van der Waals surface area contributed by atoms with Gasteiger partial charge in [0.05, 0.1) is 19.4 Å². The number of hydrogen-bond donors (Lipinski definition) is 2. The third kappa shape index (κ3) is 2.87. The van der Waals surface area contributed by atoms with E-state index in [1.165, 1.54) is 0 Å². The summed E-state index contributed by atoms with van der Waals surface area (Å²) < 4.78 is 5.33. The van der Waals surface area contributed by atoms with E-state index in [1.807, 2.05) is 0 Å². The van der Waals surface area contributed by atoms with Gasteiger partial charge in [-0.2, -0.15) is 0 Å². The lowest BCUT2D eigenvalue weighted by Crippen LogP contribution is -2.35. The zero-order chi connectivity index (χ0) is 17.3. The zero-order valence-electron chi connectivity index (χ0n) is 12.7. The van der Waals surface area contributed by atoms with Gasteiger partial charge in [0.25, 0.3) is 17.7 Å². The monoisotopic (exact) mass is 321 g/mol. The van der Waals surface area contributed by atoms with Crippen LogP contribution in [0.2, 0.25) is 0 Å². The van der Waals surface area contributed by atoms with Crippen molar-refractivity contribution in [2.75, 3.05) is 7.11 Å². The number of ether oxygens (including phenoxy) is 1. The Balaban J connectivity index is 2.25. The maximum absolute atomic E-state index is 12.4. The number of hydrogen-bond acceptors (Lipinski definition) is 8. The molecule has 122 valence electrons. The Bertz CT molecular complexity index is 733. The summed E-state index contributed by atoms with van der Waals surface area (Å²) in [7, 11) is 1.06. The molecule has 0 saturated carbocycles. The molecule has 0 bridgehead atoms. The molecule has 2 heterocycles. The molecule has 10 heteroatoms. The summed E-state index contributed by atoms with van der Waals surface area (Å²) in [6.45, 7) is 3.25. The highest BCUT2D eigenvalue weighted by Crippen LogP contribution is 2.30. The lowest BCUT2D eigenvalue weighted by atomic mass is 9.85. The molecule has 1 aliphatic heterocycles. The SMILES string of the molecule is COC(=O)C(=O)[C@H](C(=O)Cc1nc2n(c1O)C(=N)N=N2)C(C)C. The van der Waals surface area contributed by atoms with Crippen molar-refractivity contribution in [3.05, 3.63) is 5.69 Å². The number of carbonyl (C=O) groups is 3. The first-order valence-corrected chi connectivity index (χ1v) is 6.74. The van der Waals surface area contributed by atoms with Crippen molar-refractivity contribution in [3.8, 4) is 5.88 Å². The number of esters is 1. The van der Waals surface area contributed by atoms with Gasteiger partial charge in [-0.1, -0.05) is 13.8 Å². The van der Waals surface area contributed by atoms with E-state index in [-0.39, 0.29) is 24.0 Å². The Morgan fingerprint density at radius 2 is 1.96 bits per heavy atom. The molecule has 0 saturated heterocycles. The first-order chi connectivity index (χ1) is 10.8. The van der Waals surface area contributed by atoms with Gasteiger partial charge >= 0.3 is 5.97 Å². The Hall–Kier alpha value is -2.91. The Morgan fingerprint density at radius 3 is 2.48 bits per heavy atom. The highest BCUT2D eigenvalue weighted by Gasteiger charge is 2.36. The second kappa shape index (κ2) is 6.07. The Labute approximate surface area is 130 Å². The number of imidazole rings is 1. The summed E-state index contributed by atoms with van der Waals surface area (Å²) in [5.74, 6) is -5.01. The minimum atomic E-state index is -1.19. The summed E-state index contributed by atoms with van der Waals surface area (Å²) in [5.41, 5.74) is -0.0308. The van der Waals surface area contributed by atoms with Crippen LogP contribution in [0.1, 0.15) is 19.5 Å². The van der Waals surface area contributed by atoms with Crippen LogP contribution in [0.25, 0.3) is 0 Å². The van der Waals surface area contributed by atoms with Crippen LogP contribution in [0, 0.1) is 17.2 Å². The van der Waals surface area contributed by atoms with Crippen LogP contribution in [-0.2, 0) is 25.5 Å². The predicted octanol–water partition coefficient (Wildman–Crippen LogP) is 0.595. The predicted molar refractivity (Wildman–Crippen MR) is 75.6 cm³/mol. The van der Waals surface area contributed by atoms with Crippen molar-refractivity contribution in [2.24, 2.45) is 22.1 Å². The Morgan fingerprint density at radius 1 is 1.30 bits per heavy atom. The molecule has 1 aromatic rings. The third-order valence-electron chi connectivity index (χ3n) is 3.38. The summed E-state index contributed by atoms with van der Waals surface area (Å²) in [6, 6.07) is 0. The maximum Gasteiger partial charge on any atom is 0.375 e. The molecule has 1 aromatic heterocycles. The van der Waals surface area contributed by atoms with Crippen molar-refractivity contribution >= 4 is 29.4 Å². The number of Topliss-reactive ketones (excluding diaryl/α,β-unsaturated/α-hetero) is 2. The maximum atomic E-state index is 12.4. The number of azo groups is 1. The van der Waals surface area contributed by atoms with E-state index in [0.717, 1.165) is 11.7 Å². The van der Waals surface area contributed by atoms with Crippen LogP contribution in [0.3, 0.4) is 0 Å². The number of nitrogens with one attached hydrogen (secondary N) is 1. The van der Waals surface area contributed by atoms with Crippen LogP contribution in [0.4, 0.5) is 5.95 Å². The molecule has 0 radical (unpaired) electrons. The summed E-state index contributed by atoms with van der Waals surface area (Å²) in [6.07, 6.45) is -0.375. The largest absolute Gasteiger partial charge is 0.493 e. The molecule has 0 amide bonds. The molecule has 0 aromatic carbocycles. The molecular formula is C13H15N5O5.